The Kier molecular flexibility index (Phi) is 4.08. The van der Waals surface area contributed by atoms with E-state index in [0.717, 1.165) is 37.2 Å². The molecular formula is C22H30N2O. The van der Waals surface area contributed by atoms with Crippen molar-refractivity contribution in [2.24, 2.45) is 5.92 Å². The van der Waals surface area contributed by atoms with Crippen LogP contribution in [0.4, 0.5) is 0 Å². The van der Waals surface area contributed by atoms with Crippen LogP contribution < -0.4 is 0 Å². The average molecular weight is 338 g/mol. The highest BCUT2D eigenvalue weighted by molar-refractivity contribution is 5.94. The second kappa shape index (κ2) is 6.42. The van der Waals surface area contributed by atoms with Crippen molar-refractivity contribution >= 4 is 5.91 Å². The minimum atomic E-state index is 0.273. The van der Waals surface area contributed by atoms with E-state index in [1.807, 2.05) is 0 Å². The van der Waals surface area contributed by atoms with Gasteiger partial charge in [-0.15, -0.1) is 0 Å². The summed E-state index contributed by atoms with van der Waals surface area (Å²) in [7, 11) is 0. The molecule has 2 heterocycles. The van der Waals surface area contributed by atoms with Crippen molar-refractivity contribution in [3.8, 4) is 0 Å². The third-order valence-electron chi connectivity index (χ3n) is 7.01. The third kappa shape index (κ3) is 3.01. The molecule has 1 aromatic rings. The second-order valence-corrected chi connectivity index (χ2v) is 8.67. The van der Waals surface area contributed by atoms with E-state index in [1.54, 1.807) is 0 Å². The van der Waals surface area contributed by atoms with Gasteiger partial charge >= 0.3 is 0 Å². The van der Waals surface area contributed by atoms with Gasteiger partial charge in [-0.1, -0.05) is 6.07 Å². The monoisotopic (exact) mass is 338 g/mol. The Morgan fingerprint density at radius 3 is 2.60 bits per heavy atom. The zero-order valence-electron chi connectivity index (χ0n) is 15.3. The molecule has 134 valence electrons. The summed E-state index contributed by atoms with van der Waals surface area (Å²) in [6.45, 7) is 3.22. The fraction of sp³-hybridized carbons (Fsp3) is 0.682. The number of carbonyl (C=O) groups excluding carboxylic acids is 1. The predicted octanol–water partition coefficient (Wildman–Crippen LogP) is 3.65. The number of piperidine rings is 2. The molecule has 1 amide bonds. The fourth-order valence-electron chi connectivity index (χ4n) is 5.54. The number of nitrogens with zero attached hydrogens (tertiary/aromatic N) is 2. The molecule has 4 aliphatic rings. The number of rotatable bonds is 2. The van der Waals surface area contributed by atoms with Crippen molar-refractivity contribution in [1.82, 2.24) is 9.80 Å². The molecule has 3 fully saturated rings. The number of aryl methyl sites for hydroxylation is 2. The number of likely N-dealkylation sites (tertiary alicyclic amines) is 2. The second-order valence-electron chi connectivity index (χ2n) is 8.67. The largest absolute Gasteiger partial charge is 0.338 e. The molecule has 2 atom stereocenters. The van der Waals surface area contributed by atoms with Crippen molar-refractivity contribution in [3.05, 3.63) is 34.9 Å². The molecule has 0 N–H and O–H groups in total. The molecular weight excluding hydrogens is 308 g/mol. The van der Waals surface area contributed by atoms with E-state index in [0.29, 0.717) is 5.92 Å². The van der Waals surface area contributed by atoms with Gasteiger partial charge in [0.2, 0.25) is 0 Å². The molecule has 25 heavy (non-hydrogen) atoms. The lowest BCUT2D eigenvalue weighted by atomic mass is 9.83. The summed E-state index contributed by atoms with van der Waals surface area (Å²) in [5.74, 6) is 0.972. The van der Waals surface area contributed by atoms with Crippen molar-refractivity contribution in [3.63, 3.8) is 0 Å². The Bertz CT molecular complexity index is 666. The van der Waals surface area contributed by atoms with Crippen molar-refractivity contribution < 1.29 is 4.79 Å². The zero-order valence-corrected chi connectivity index (χ0v) is 15.3. The lowest BCUT2D eigenvalue weighted by Crippen LogP contribution is -2.55. The van der Waals surface area contributed by atoms with Gasteiger partial charge in [-0.2, -0.15) is 0 Å². The Morgan fingerprint density at radius 2 is 1.76 bits per heavy atom. The number of benzene rings is 1. The fourth-order valence-corrected chi connectivity index (χ4v) is 5.54. The molecule has 0 aromatic heterocycles. The molecule has 2 saturated heterocycles. The Hall–Kier alpha value is -1.35. The Balaban J connectivity index is 1.30. The summed E-state index contributed by atoms with van der Waals surface area (Å²) < 4.78 is 0. The highest BCUT2D eigenvalue weighted by Gasteiger charge is 2.42. The van der Waals surface area contributed by atoms with Crippen molar-refractivity contribution in [2.45, 2.75) is 69.9 Å². The molecule has 2 aliphatic heterocycles. The van der Waals surface area contributed by atoms with Crippen LogP contribution in [0.25, 0.3) is 0 Å². The molecule has 0 spiro atoms. The molecule has 3 nitrogen and oxygen atoms in total. The molecule has 2 unspecified atom stereocenters. The SMILES string of the molecule is O=C(c1ccc2c(c1)CCCC2)N1CCC2C(CCCN2C2CC2)C1. The van der Waals surface area contributed by atoms with Gasteiger partial charge in [0.15, 0.2) is 0 Å². The maximum absolute atomic E-state index is 13.1. The standard InChI is InChI=1S/C22H30N2O/c25-22(18-8-7-16-4-1-2-5-17(16)14-18)23-13-11-21-19(15-23)6-3-12-24(21)20-9-10-20/h7-8,14,19-21H,1-6,9-13,15H2. The first-order valence-corrected chi connectivity index (χ1v) is 10.5. The number of fused-ring (bicyclic) bond motifs is 2. The van der Waals surface area contributed by atoms with E-state index in [1.165, 1.54) is 69.0 Å². The predicted molar refractivity (Wildman–Crippen MR) is 99.8 cm³/mol. The van der Waals surface area contributed by atoms with Crippen LogP contribution in [-0.4, -0.2) is 47.4 Å². The number of hydrogen-bond donors (Lipinski definition) is 0. The van der Waals surface area contributed by atoms with Crippen LogP contribution in [0.5, 0.6) is 0 Å². The van der Waals surface area contributed by atoms with E-state index in [9.17, 15) is 4.79 Å². The van der Waals surface area contributed by atoms with Crippen LogP contribution in [0, 0.1) is 5.92 Å². The van der Waals surface area contributed by atoms with E-state index in [4.69, 9.17) is 0 Å². The molecule has 5 rings (SSSR count). The quantitative estimate of drug-likeness (QED) is 0.822. The molecule has 0 radical (unpaired) electrons. The van der Waals surface area contributed by atoms with E-state index >= 15 is 0 Å². The summed E-state index contributed by atoms with van der Waals surface area (Å²) in [5, 5.41) is 0. The Labute approximate surface area is 151 Å². The maximum Gasteiger partial charge on any atom is 0.253 e. The first kappa shape index (κ1) is 15.9. The van der Waals surface area contributed by atoms with Crippen LogP contribution in [0.2, 0.25) is 0 Å². The number of hydrogen-bond acceptors (Lipinski definition) is 2. The minimum absolute atomic E-state index is 0.273. The third-order valence-corrected chi connectivity index (χ3v) is 7.01. The van der Waals surface area contributed by atoms with Gasteiger partial charge in [0.25, 0.3) is 5.91 Å². The summed E-state index contributed by atoms with van der Waals surface area (Å²) in [5.41, 5.74) is 3.81. The topological polar surface area (TPSA) is 23.6 Å². The van der Waals surface area contributed by atoms with E-state index < -0.39 is 0 Å². The lowest BCUT2D eigenvalue weighted by Gasteiger charge is -2.47. The van der Waals surface area contributed by atoms with Gasteiger partial charge in [-0.3, -0.25) is 9.69 Å². The first-order valence-electron chi connectivity index (χ1n) is 10.5. The normalized spacial score (nSPS) is 29.8. The molecule has 0 bridgehead atoms. The lowest BCUT2D eigenvalue weighted by molar-refractivity contribution is 0.0174. The summed E-state index contributed by atoms with van der Waals surface area (Å²) in [6.07, 6.45) is 11.5. The summed E-state index contributed by atoms with van der Waals surface area (Å²) in [4.78, 5) is 18.0. The number of carbonyl (C=O) groups is 1. The molecule has 1 saturated carbocycles. The van der Waals surface area contributed by atoms with Crippen LogP contribution in [-0.2, 0) is 12.8 Å². The van der Waals surface area contributed by atoms with E-state index in [-0.39, 0.29) is 5.91 Å². The van der Waals surface area contributed by atoms with Crippen LogP contribution in [0.15, 0.2) is 18.2 Å². The number of amides is 1. The summed E-state index contributed by atoms with van der Waals surface area (Å²) in [6, 6.07) is 8.10. The maximum atomic E-state index is 13.1. The van der Waals surface area contributed by atoms with Crippen LogP contribution in [0.1, 0.15) is 66.4 Å². The summed E-state index contributed by atoms with van der Waals surface area (Å²) >= 11 is 0. The smallest absolute Gasteiger partial charge is 0.253 e. The highest BCUT2D eigenvalue weighted by atomic mass is 16.2. The minimum Gasteiger partial charge on any atom is -0.338 e. The molecule has 1 aromatic carbocycles. The van der Waals surface area contributed by atoms with Gasteiger partial charge in [0.05, 0.1) is 0 Å². The van der Waals surface area contributed by atoms with Gasteiger partial charge < -0.3 is 4.90 Å². The average Bonchev–Trinajstić information content (AvgIpc) is 3.51. The van der Waals surface area contributed by atoms with Crippen molar-refractivity contribution in [1.29, 1.82) is 0 Å². The first-order chi connectivity index (χ1) is 12.3. The Morgan fingerprint density at radius 1 is 0.920 bits per heavy atom. The van der Waals surface area contributed by atoms with Crippen molar-refractivity contribution in [2.75, 3.05) is 19.6 Å². The highest BCUT2D eigenvalue weighted by Crippen LogP contribution is 2.38. The molecule has 3 heteroatoms. The van der Waals surface area contributed by atoms with Gasteiger partial charge in [-0.05, 0) is 93.5 Å². The molecule has 2 aliphatic carbocycles. The zero-order chi connectivity index (χ0) is 16.8. The van der Waals surface area contributed by atoms with Crippen LogP contribution >= 0.6 is 0 Å². The van der Waals surface area contributed by atoms with Crippen LogP contribution in [0.3, 0.4) is 0 Å². The van der Waals surface area contributed by atoms with Gasteiger partial charge in [-0.25, -0.2) is 0 Å². The van der Waals surface area contributed by atoms with Gasteiger partial charge in [0.1, 0.15) is 0 Å². The van der Waals surface area contributed by atoms with E-state index in [2.05, 4.69) is 28.0 Å². The van der Waals surface area contributed by atoms with Gasteiger partial charge in [0, 0.05) is 30.7 Å².